The summed E-state index contributed by atoms with van der Waals surface area (Å²) in [5.41, 5.74) is 2.06. The summed E-state index contributed by atoms with van der Waals surface area (Å²) in [5, 5.41) is 18.8. The van der Waals surface area contributed by atoms with E-state index in [0.29, 0.717) is 31.6 Å². The Kier molecular flexibility index (Phi) is 8.71. The minimum Gasteiger partial charge on any atom is -0.395 e. The fourth-order valence-corrected chi connectivity index (χ4v) is 10.5. The highest BCUT2D eigenvalue weighted by molar-refractivity contribution is 6.72. The van der Waals surface area contributed by atoms with Gasteiger partial charge in [0.25, 0.3) is 5.91 Å². The number of aryl methyl sites for hydroxylation is 1. The summed E-state index contributed by atoms with van der Waals surface area (Å²) >= 11 is 0. The first-order chi connectivity index (χ1) is 21.6. The predicted molar refractivity (Wildman–Crippen MR) is 173 cm³/mol. The molecule has 4 heterocycles. The van der Waals surface area contributed by atoms with Crippen molar-refractivity contribution in [2.75, 3.05) is 30.0 Å². The van der Waals surface area contributed by atoms with Gasteiger partial charge in [0.15, 0.2) is 5.60 Å². The first kappa shape index (κ1) is 31.6. The van der Waals surface area contributed by atoms with Gasteiger partial charge in [-0.05, 0) is 56.1 Å². The molecule has 2 saturated heterocycles. The highest BCUT2D eigenvalue weighted by atomic mass is 28.4. The van der Waals surface area contributed by atoms with Gasteiger partial charge in [0, 0.05) is 55.5 Å². The average Bonchev–Trinajstić information content (AvgIpc) is 3.65. The molecule has 0 radical (unpaired) electrons. The molecule has 5 atom stereocenters. The molecule has 0 aliphatic carbocycles. The Morgan fingerprint density at radius 1 is 1.11 bits per heavy atom. The van der Waals surface area contributed by atoms with E-state index in [2.05, 4.69) is 10.3 Å². The standard InChI is InChI=1S/C34H44FN5O4Si/c1-23-32(45(3,4)35)30(17-19-39-21-28(36-37-39)26(22-41)24-12-8-7-9-13-24)44-34(23)27-20-25(15-16-29(27)38(2)33(34)43)40-18-11-6-5-10-14-31(40)42/h7-9,12-13,15-16,20-21,23,26,30,32,41H,5-6,10-11,14,17-19,22H2,1-4H3/t23-,26?,30+,32-,34+/m1/s1. The van der Waals surface area contributed by atoms with Crippen molar-refractivity contribution in [2.45, 2.75) is 88.3 Å². The van der Waals surface area contributed by atoms with Crippen molar-refractivity contribution in [1.82, 2.24) is 15.0 Å². The van der Waals surface area contributed by atoms with E-state index in [4.69, 9.17) is 4.74 Å². The van der Waals surface area contributed by atoms with Gasteiger partial charge in [0.2, 0.25) is 14.3 Å². The van der Waals surface area contributed by atoms with Crippen LogP contribution in [0.1, 0.15) is 68.2 Å². The molecule has 3 aliphatic heterocycles. The van der Waals surface area contributed by atoms with Gasteiger partial charge in [-0.1, -0.05) is 55.3 Å². The normalized spacial score (nSPS) is 26.3. The third-order valence-corrected chi connectivity index (χ3v) is 12.6. The average molecular weight is 634 g/mol. The Bertz CT molecular complexity index is 1540. The smallest absolute Gasteiger partial charge is 0.264 e. The number of ether oxygens (including phenoxy) is 1. The summed E-state index contributed by atoms with van der Waals surface area (Å²) in [7, 11) is -1.58. The lowest BCUT2D eigenvalue weighted by molar-refractivity contribution is -0.145. The summed E-state index contributed by atoms with van der Waals surface area (Å²) in [6.07, 6.45) is 6.22. The van der Waals surface area contributed by atoms with Crippen LogP contribution < -0.4 is 9.80 Å². The molecular weight excluding hydrogens is 589 g/mol. The monoisotopic (exact) mass is 633 g/mol. The molecule has 2 aromatic carbocycles. The highest BCUT2D eigenvalue weighted by Gasteiger charge is 2.66. The summed E-state index contributed by atoms with van der Waals surface area (Å²) in [6.45, 7) is 6.31. The highest BCUT2D eigenvalue weighted by Crippen LogP contribution is 2.60. The van der Waals surface area contributed by atoms with Crippen molar-refractivity contribution >= 4 is 31.6 Å². The second-order valence-corrected chi connectivity index (χ2v) is 17.2. The lowest BCUT2D eigenvalue weighted by atomic mass is 9.82. The van der Waals surface area contributed by atoms with E-state index < -0.39 is 31.6 Å². The fourth-order valence-electron chi connectivity index (χ4n) is 7.91. The van der Waals surface area contributed by atoms with Crippen LogP contribution in [-0.2, 0) is 26.5 Å². The van der Waals surface area contributed by atoms with Gasteiger partial charge >= 0.3 is 0 Å². The van der Waals surface area contributed by atoms with Crippen LogP contribution in [0.25, 0.3) is 0 Å². The molecule has 11 heteroatoms. The molecular formula is C34H44FN5O4Si. The lowest BCUT2D eigenvalue weighted by Crippen LogP contribution is -2.44. The third-order valence-electron chi connectivity index (χ3n) is 10.2. The lowest BCUT2D eigenvalue weighted by Gasteiger charge is -2.31. The van der Waals surface area contributed by atoms with Gasteiger partial charge in [-0.15, -0.1) is 5.10 Å². The summed E-state index contributed by atoms with van der Waals surface area (Å²) in [5.74, 6) is -0.804. The number of nitrogens with zero attached hydrogens (tertiary/aromatic N) is 5. The van der Waals surface area contributed by atoms with Gasteiger partial charge in [-0.3, -0.25) is 14.3 Å². The van der Waals surface area contributed by atoms with E-state index in [1.807, 2.05) is 66.6 Å². The number of aliphatic hydroxyl groups excluding tert-OH is 1. The van der Waals surface area contributed by atoms with E-state index in [0.717, 1.165) is 48.2 Å². The third kappa shape index (κ3) is 5.63. The van der Waals surface area contributed by atoms with Crippen LogP contribution in [0, 0.1) is 5.92 Å². The molecule has 3 aromatic rings. The van der Waals surface area contributed by atoms with Gasteiger partial charge in [0.05, 0.1) is 30.0 Å². The number of amides is 2. The van der Waals surface area contributed by atoms with Crippen molar-refractivity contribution in [1.29, 1.82) is 0 Å². The van der Waals surface area contributed by atoms with Crippen LogP contribution in [-0.4, -0.2) is 66.6 Å². The molecule has 45 heavy (non-hydrogen) atoms. The minimum atomic E-state index is -3.33. The molecule has 1 unspecified atom stereocenters. The van der Waals surface area contributed by atoms with E-state index in [-0.39, 0.29) is 24.3 Å². The number of anilines is 2. The topological polar surface area (TPSA) is 101 Å². The molecule has 2 fully saturated rings. The molecule has 9 nitrogen and oxygen atoms in total. The van der Waals surface area contributed by atoms with Crippen LogP contribution in [0.5, 0.6) is 0 Å². The van der Waals surface area contributed by atoms with E-state index in [1.165, 1.54) is 0 Å². The molecule has 1 aromatic heterocycles. The van der Waals surface area contributed by atoms with Gasteiger partial charge < -0.3 is 23.8 Å². The maximum atomic E-state index is 16.2. The van der Waals surface area contributed by atoms with Gasteiger partial charge in [-0.25, -0.2) is 0 Å². The minimum absolute atomic E-state index is 0.0951. The Balaban J connectivity index is 1.29. The number of hydrogen-bond donors (Lipinski definition) is 1. The molecule has 0 saturated carbocycles. The molecule has 2 amide bonds. The van der Waals surface area contributed by atoms with Crippen LogP contribution in [0.4, 0.5) is 15.5 Å². The van der Waals surface area contributed by atoms with Gasteiger partial charge in [-0.2, -0.15) is 0 Å². The molecule has 6 rings (SSSR count). The Hall–Kier alpha value is -3.41. The zero-order valence-electron chi connectivity index (χ0n) is 26.7. The predicted octanol–water partition coefficient (Wildman–Crippen LogP) is 5.54. The fraction of sp³-hybridized carbons (Fsp3) is 0.529. The van der Waals surface area contributed by atoms with Crippen LogP contribution >= 0.6 is 0 Å². The van der Waals surface area contributed by atoms with Gasteiger partial charge in [0.1, 0.15) is 0 Å². The number of aromatic nitrogens is 3. The number of carbonyl (C=O) groups excluding carboxylic acids is 2. The zero-order chi connectivity index (χ0) is 31.9. The number of aliphatic hydroxyl groups is 1. The first-order valence-electron chi connectivity index (χ1n) is 16.2. The van der Waals surface area contributed by atoms with E-state index >= 15 is 4.11 Å². The number of benzene rings is 2. The number of hydrogen-bond acceptors (Lipinski definition) is 6. The van der Waals surface area contributed by atoms with Crippen molar-refractivity contribution in [3.05, 3.63) is 71.5 Å². The quantitative estimate of drug-likeness (QED) is 0.258. The van der Waals surface area contributed by atoms with Crippen LogP contribution in [0.3, 0.4) is 0 Å². The van der Waals surface area contributed by atoms with E-state index in [9.17, 15) is 14.7 Å². The maximum absolute atomic E-state index is 16.2. The zero-order valence-corrected chi connectivity index (χ0v) is 27.7. The Labute approximate surface area is 265 Å². The number of halogens is 1. The van der Waals surface area contributed by atoms with Crippen molar-refractivity contribution in [3.63, 3.8) is 0 Å². The Morgan fingerprint density at radius 3 is 2.60 bits per heavy atom. The van der Waals surface area contributed by atoms with E-state index in [1.54, 1.807) is 29.7 Å². The van der Waals surface area contributed by atoms with Crippen molar-refractivity contribution in [3.8, 4) is 0 Å². The SMILES string of the molecule is C[C@@H]1[C@@H]([Si](C)(C)F)[C@H](CCn2cc(C(CO)c3ccccc3)nn2)O[C@@]12C(=O)N(C)c1ccc(N3CCCCCCC3=O)cc12. The van der Waals surface area contributed by atoms with Crippen LogP contribution in [0.2, 0.25) is 18.6 Å². The number of likely N-dealkylation sites (N-methyl/N-ethyl adjacent to an activating group) is 1. The number of fused-ring (bicyclic) bond motifs is 2. The second-order valence-electron chi connectivity index (χ2n) is 13.4. The largest absolute Gasteiger partial charge is 0.395 e. The summed E-state index contributed by atoms with van der Waals surface area (Å²) in [4.78, 5) is 30.7. The molecule has 240 valence electrons. The molecule has 0 bridgehead atoms. The van der Waals surface area contributed by atoms with Crippen LogP contribution in [0.15, 0.2) is 54.7 Å². The summed E-state index contributed by atoms with van der Waals surface area (Å²) in [6, 6.07) is 15.5. The Morgan fingerprint density at radius 2 is 1.87 bits per heavy atom. The van der Waals surface area contributed by atoms with Crippen molar-refractivity contribution in [2.24, 2.45) is 5.92 Å². The number of rotatable bonds is 8. The number of carbonyl (C=O) groups is 2. The van der Waals surface area contributed by atoms with Crippen molar-refractivity contribution < 1.29 is 23.5 Å². The first-order valence-corrected chi connectivity index (χ1v) is 19.2. The second kappa shape index (κ2) is 12.4. The molecule has 3 aliphatic rings. The molecule has 1 spiro atoms. The maximum Gasteiger partial charge on any atom is 0.264 e. The molecule has 1 N–H and O–H groups in total. The summed E-state index contributed by atoms with van der Waals surface area (Å²) < 4.78 is 24.8.